The molecule has 3 aromatic rings. The Hall–Kier alpha value is -2.73. The molecule has 0 bridgehead atoms. The van der Waals surface area contributed by atoms with Crippen LogP contribution in [0.3, 0.4) is 0 Å². The second kappa shape index (κ2) is 6.36. The van der Waals surface area contributed by atoms with E-state index in [1.54, 1.807) is 36.5 Å². The fourth-order valence-corrected chi connectivity index (χ4v) is 2.03. The Kier molecular flexibility index (Phi) is 4.11. The number of nitrogens with one attached hydrogen (secondary N) is 3. The van der Waals surface area contributed by atoms with Crippen molar-refractivity contribution in [2.45, 2.75) is 0 Å². The number of hydrogen-bond donors (Lipinski definition) is 3. The molecule has 1 heterocycles. The molecule has 3 N–H and O–H groups in total. The summed E-state index contributed by atoms with van der Waals surface area (Å²) in [5.41, 5.74) is 1.52. The molecule has 0 atom stereocenters. The van der Waals surface area contributed by atoms with Gasteiger partial charge in [0.2, 0.25) is 0 Å². The van der Waals surface area contributed by atoms with Crippen molar-refractivity contribution < 1.29 is 9.53 Å². The Bertz CT molecular complexity index is 786. The van der Waals surface area contributed by atoms with Crippen LogP contribution in [0.15, 0.2) is 48.7 Å². The lowest BCUT2D eigenvalue weighted by atomic mass is 10.2. The van der Waals surface area contributed by atoms with Crippen molar-refractivity contribution >= 4 is 34.2 Å². The van der Waals surface area contributed by atoms with Crippen LogP contribution in [0.1, 0.15) is 0 Å². The van der Waals surface area contributed by atoms with Gasteiger partial charge in [0.05, 0.1) is 11.7 Å². The molecule has 0 unspecified atom stereocenters. The van der Waals surface area contributed by atoms with E-state index in [-0.39, 0.29) is 12.8 Å². The van der Waals surface area contributed by atoms with Gasteiger partial charge in [0.25, 0.3) is 0 Å². The molecular weight excluding hydrogens is 304 g/mol. The number of fused-ring (bicyclic) bond motifs is 1. The fraction of sp³-hybridized carbons (Fsp3) is 0.0667. The molecule has 0 fully saturated rings. The largest absolute Gasteiger partial charge is 0.473 e. The summed E-state index contributed by atoms with van der Waals surface area (Å²) in [5, 5.41) is 13.7. The molecule has 0 spiro atoms. The monoisotopic (exact) mass is 316 g/mol. The molecule has 0 aliphatic rings. The van der Waals surface area contributed by atoms with Gasteiger partial charge in [-0.05, 0) is 42.5 Å². The molecule has 0 radical (unpaired) electrons. The standard InChI is InChI=1S/C15H13ClN4O2/c16-11-2-5-13(6-3-11)22-9-17-15(21)19-12-4-1-10-8-18-20-14(10)7-12/h1-8H,9H2,(H,18,20)(H2,17,19,21). The van der Waals surface area contributed by atoms with Crippen LogP contribution in [0, 0.1) is 0 Å². The minimum Gasteiger partial charge on any atom is -0.473 e. The molecule has 1 aromatic heterocycles. The average Bonchev–Trinajstić information content (AvgIpc) is 2.97. The quantitative estimate of drug-likeness (QED) is 0.646. The van der Waals surface area contributed by atoms with Gasteiger partial charge < -0.3 is 15.4 Å². The zero-order valence-electron chi connectivity index (χ0n) is 11.5. The highest BCUT2D eigenvalue weighted by molar-refractivity contribution is 6.30. The fourth-order valence-electron chi connectivity index (χ4n) is 1.91. The van der Waals surface area contributed by atoms with Crippen LogP contribution in [0.25, 0.3) is 10.9 Å². The number of carbonyl (C=O) groups is 1. The first-order valence-corrected chi connectivity index (χ1v) is 6.95. The number of carbonyl (C=O) groups excluding carboxylic acids is 1. The van der Waals surface area contributed by atoms with Gasteiger partial charge in [-0.1, -0.05) is 11.6 Å². The van der Waals surface area contributed by atoms with Gasteiger partial charge in [0.15, 0.2) is 6.73 Å². The Balaban J connectivity index is 1.50. The summed E-state index contributed by atoms with van der Waals surface area (Å²) in [6.45, 7) is 0.0553. The highest BCUT2D eigenvalue weighted by Gasteiger charge is 2.03. The van der Waals surface area contributed by atoms with Gasteiger partial charge in [0.1, 0.15) is 5.75 Å². The van der Waals surface area contributed by atoms with Crippen LogP contribution < -0.4 is 15.4 Å². The first kappa shape index (κ1) is 14.2. The van der Waals surface area contributed by atoms with E-state index in [1.165, 1.54) is 0 Å². The van der Waals surface area contributed by atoms with Crippen molar-refractivity contribution in [3.05, 3.63) is 53.7 Å². The van der Waals surface area contributed by atoms with E-state index in [1.807, 2.05) is 12.1 Å². The maximum atomic E-state index is 11.8. The molecule has 0 aliphatic carbocycles. The van der Waals surface area contributed by atoms with Gasteiger partial charge in [0, 0.05) is 16.1 Å². The number of nitrogens with zero attached hydrogens (tertiary/aromatic N) is 1. The number of anilines is 1. The molecule has 2 aromatic carbocycles. The van der Waals surface area contributed by atoms with Gasteiger partial charge >= 0.3 is 6.03 Å². The summed E-state index contributed by atoms with van der Waals surface area (Å²) in [5.74, 6) is 0.628. The first-order valence-electron chi connectivity index (χ1n) is 6.57. The van der Waals surface area contributed by atoms with Crippen LogP contribution >= 0.6 is 11.6 Å². The Labute approximate surface area is 131 Å². The normalized spacial score (nSPS) is 10.4. The lowest BCUT2D eigenvalue weighted by molar-refractivity contribution is 0.234. The topological polar surface area (TPSA) is 79.0 Å². The number of rotatable bonds is 4. The van der Waals surface area contributed by atoms with E-state index in [2.05, 4.69) is 20.8 Å². The predicted molar refractivity (Wildman–Crippen MR) is 85.2 cm³/mol. The molecule has 22 heavy (non-hydrogen) atoms. The van der Waals surface area contributed by atoms with Crippen LogP contribution in [-0.4, -0.2) is 23.0 Å². The zero-order valence-corrected chi connectivity index (χ0v) is 12.2. The lowest BCUT2D eigenvalue weighted by Gasteiger charge is -2.09. The summed E-state index contributed by atoms with van der Waals surface area (Å²) in [7, 11) is 0. The number of halogens is 1. The molecule has 112 valence electrons. The SMILES string of the molecule is O=C(NCOc1ccc(Cl)cc1)Nc1ccc2cn[nH]c2c1. The van der Waals surface area contributed by atoms with Crippen LogP contribution in [-0.2, 0) is 0 Å². The molecule has 2 amide bonds. The maximum absolute atomic E-state index is 11.8. The van der Waals surface area contributed by atoms with E-state index in [0.717, 1.165) is 10.9 Å². The highest BCUT2D eigenvalue weighted by Crippen LogP contribution is 2.17. The third-order valence-electron chi connectivity index (χ3n) is 2.98. The van der Waals surface area contributed by atoms with Gasteiger partial charge in [-0.2, -0.15) is 5.10 Å². The molecule has 0 saturated heterocycles. The Morgan fingerprint density at radius 2 is 2.05 bits per heavy atom. The number of urea groups is 1. The van der Waals surface area contributed by atoms with Gasteiger partial charge in [-0.25, -0.2) is 4.79 Å². The number of benzene rings is 2. The minimum atomic E-state index is -0.354. The van der Waals surface area contributed by atoms with Crippen LogP contribution in [0.2, 0.25) is 5.02 Å². The molecule has 0 aliphatic heterocycles. The number of aromatic amines is 1. The maximum Gasteiger partial charge on any atom is 0.321 e. The molecular formula is C15H13ClN4O2. The van der Waals surface area contributed by atoms with Gasteiger partial charge in [-0.15, -0.1) is 0 Å². The number of aromatic nitrogens is 2. The summed E-state index contributed by atoms with van der Waals surface area (Å²) >= 11 is 5.78. The number of hydrogen-bond acceptors (Lipinski definition) is 3. The summed E-state index contributed by atoms with van der Waals surface area (Å²) < 4.78 is 5.38. The first-order chi connectivity index (χ1) is 10.7. The molecule has 6 nitrogen and oxygen atoms in total. The van der Waals surface area contributed by atoms with Crippen molar-refractivity contribution in [3.63, 3.8) is 0 Å². The van der Waals surface area contributed by atoms with E-state index in [0.29, 0.717) is 16.5 Å². The van der Waals surface area contributed by atoms with Crippen molar-refractivity contribution in [1.82, 2.24) is 15.5 Å². The van der Waals surface area contributed by atoms with Crippen molar-refractivity contribution in [3.8, 4) is 5.75 Å². The summed E-state index contributed by atoms with van der Waals surface area (Å²) in [6, 6.07) is 12.0. The Morgan fingerprint density at radius 1 is 1.23 bits per heavy atom. The second-order valence-electron chi connectivity index (χ2n) is 4.55. The van der Waals surface area contributed by atoms with Gasteiger partial charge in [-0.3, -0.25) is 5.10 Å². The summed E-state index contributed by atoms with van der Waals surface area (Å²) in [4.78, 5) is 11.8. The smallest absolute Gasteiger partial charge is 0.321 e. The average molecular weight is 317 g/mol. The highest BCUT2D eigenvalue weighted by atomic mass is 35.5. The van der Waals surface area contributed by atoms with Crippen molar-refractivity contribution in [2.75, 3.05) is 12.0 Å². The number of H-pyrrole nitrogens is 1. The zero-order chi connectivity index (χ0) is 15.4. The number of amides is 2. The van der Waals surface area contributed by atoms with Crippen molar-refractivity contribution in [2.24, 2.45) is 0 Å². The van der Waals surface area contributed by atoms with E-state index >= 15 is 0 Å². The van der Waals surface area contributed by atoms with Crippen LogP contribution in [0.4, 0.5) is 10.5 Å². The predicted octanol–water partition coefficient (Wildman–Crippen LogP) is 3.37. The third-order valence-corrected chi connectivity index (χ3v) is 3.24. The molecule has 7 heteroatoms. The van der Waals surface area contributed by atoms with E-state index < -0.39 is 0 Å². The second-order valence-corrected chi connectivity index (χ2v) is 4.98. The van der Waals surface area contributed by atoms with E-state index in [9.17, 15) is 4.79 Å². The molecule has 3 rings (SSSR count). The summed E-state index contributed by atoms with van der Waals surface area (Å²) in [6.07, 6.45) is 1.72. The minimum absolute atomic E-state index is 0.0553. The van der Waals surface area contributed by atoms with Crippen LogP contribution in [0.5, 0.6) is 5.75 Å². The molecule has 0 saturated carbocycles. The van der Waals surface area contributed by atoms with Crippen molar-refractivity contribution in [1.29, 1.82) is 0 Å². The number of ether oxygens (including phenoxy) is 1. The Morgan fingerprint density at radius 3 is 2.86 bits per heavy atom. The lowest BCUT2D eigenvalue weighted by Crippen LogP contribution is -2.31. The third kappa shape index (κ3) is 3.48. The van der Waals surface area contributed by atoms with E-state index in [4.69, 9.17) is 16.3 Å².